The summed E-state index contributed by atoms with van der Waals surface area (Å²) in [6.07, 6.45) is 3.61. The minimum absolute atomic E-state index is 0.115. The van der Waals surface area contributed by atoms with Gasteiger partial charge >= 0.3 is 5.69 Å². The van der Waals surface area contributed by atoms with E-state index in [1.807, 2.05) is 6.07 Å². The molecule has 1 fully saturated rings. The summed E-state index contributed by atoms with van der Waals surface area (Å²) in [5.41, 5.74) is 1.05. The van der Waals surface area contributed by atoms with E-state index >= 15 is 0 Å². The van der Waals surface area contributed by atoms with Gasteiger partial charge in [0, 0.05) is 32.2 Å². The summed E-state index contributed by atoms with van der Waals surface area (Å²) in [7, 11) is 2.94. The number of carbonyl (C=O) groups is 1. The number of nitrogens with zero attached hydrogens (tertiary/aromatic N) is 5. The van der Waals surface area contributed by atoms with Gasteiger partial charge in [-0.1, -0.05) is 11.6 Å². The van der Waals surface area contributed by atoms with Gasteiger partial charge in [-0.15, -0.1) is 0 Å². The van der Waals surface area contributed by atoms with E-state index in [0.29, 0.717) is 10.7 Å². The molecular formula is C19H21ClN6O3. The number of rotatable bonds is 4. The molecule has 152 valence electrons. The normalized spacial score (nSPS) is 14.0. The quantitative estimate of drug-likeness (QED) is 0.692. The van der Waals surface area contributed by atoms with E-state index in [0.717, 1.165) is 36.2 Å². The molecule has 1 aliphatic rings. The van der Waals surface area contributed by atoms with Crippen molar-refractivity contribution in [3.05, 3.63) is 50.4 Å². The number of hydrogen-bond acceptors (Lipinski definition) is 5. The van der Waals surface area contributed by atoms with Gasteiger partial charge in [-0.2, -0.15) is 0 Å². The van der Waals surface area contributed by atoms with Crippen LogP contribution in [0.1, 0.15) is 12.8 Å². The molecule has 3 heterocycles. The lowest BCUT2D eigenvalue weighted by Crippen LogP contribution is -2.37. The standard InChI is InChI=1S/C19H21ClN6O3/c1-23-17-16(18(28)24(2)19(23)29)26(11-21-17)10-15(27)22-13-9-12(20)5-6-14(13)25-7-3-4-8-25/h5-6,9,11H,3-4,7-8,10H2,1-2H3,(H,22,27). The molecule has 0 unspecified atom stereocenters. The van der Waals surface area contributed by atoms with E-state index in [2.05, 4.69) is 15.2 Å². The third-order valence-corrected chi connectivity index (χ3v) is 5.45. The highest BCUT2D eigenvalue weighted by molar-refractivity contribution is 6.31. The van der Waals surface area contributed by atoms with Crippen LogP contribution in [-0.4, -0.2) is 37.7 Å². The van der Waals surface area contributed by atoms with Gasteiger partial charge in [0.15, 0.2) is 11.2 Å². The monoisotopic (exact) mass is 416 g/mol. The Labute approximate surface area is 171 Å². The fourth-order valence-corrected chi connectivity index (χ4v) is 3.88. The third kappa shape index (κ3) is 3.42. The molecule has 3 aromatic rings. The van der Waals surface area contributed by atoms with Crippen LogP contribution < -0.4 is 21.5 Å². The molecule has 1 aromatic carbocycles. The minimum Gasteiger partial charge on any atom is -0.370 e. The Kier molecular flexibility index (Phi) is 4.91. The fraction of sp³-hybridized carbons (Fsp3) is 0.368. The Balaban J connectivity index is 1.64. The Bertz CT molecular complexity index is 1220. The zero-order chi connectivity index (χ0) is 20.7. The van der Waals surface area contributed by atoms with Crippen molar-refractivity contribution in [3.63, 3.8) is 0 Å². The SMILES string of the molecule is Cn1c(=O)c2c(ncn2CC(=O)Nc2cc(Cl)ccc2N2CCCC2)n(C)c1=O. The van der Waals surface area contributed by atoms with Crippen molar-refractivity contribution in [3.8, 4) is 0 Å². The van der Waals surface area contributed by atoms with Gasteiger partial charge in [-0.3, -0.25) is 18.7 Å². The molecule has 1 saturated heterocycles. The molecule has 1 amide bonds. The largest absolute Gasteiger partial charge is 0.370 e. The highest BCUT2D eigenvalue weighted by Crippen LogP contribution is 2.31. The first-order chi connectivity index (χ1) is 13.9. The average molecular weight is 417 g/mol. The molecule has 0 spiro atoms. The summed E-state index contributed by atoms with van der Waals surface area (Å²) in [6, 6.07) is 5.43. The predicted molar refractivity (Wildman–Crippen MR) is 112 cm³/mol. The number of hydrogen-bond donors (Lipinski definition) is 1. The van der Waals surface area contributed by atoms with Crippen molar-refractivity contribution in [2.45, 2.75) is 19.4 Å². The maximum absolute atomic E-state index is 12.8. The summed E-state index contributed by atoms with van der Waals surface area (Å²) >= 11 is 6.14. The molecule has 2 aromatic heterocycles. The van der Waals surface area contributed by atoms with Crippen LogP contribution in [0.5, 0.6) is 0 Å². The maximum atomic E-state index is 12.8. The number of anilines is 2. The molecule has 1 N–H and O–H groups in total. The first kappa shape index (κ1) is 19.3. The fourth-order valence-electron chi connectivity index (χ4n) is 3.70. The highest BCUT2D eigenvalue weighted by atomic mass is 35.5. The van der Waals surface area contributed by atoms with Crippen LogP contribution >= 0.6 is 11.6 Å². The molecule has 9 nitrogen and oxygen atoms in total. The second-order valence-corrected chi connectivity index (χ2v) is 7.59. The number of aryl methyl sites for hydroxylation is 1. The zero-order valence-electron chi connectivity index (χ0n) is 16.2. The molecule has 0 saturated carbocycles. The third-order valence-electron chi connectivity index (χ3n) is 5.21. The summed E-state index contributed by atoms with van der Waals surface area (Å²) in [6.45, 7) is 1.75. The number of carbonyl (C=O) groups excluding carboxylic acids is 1. The Morgan fingerprint density at radius 1 is 1.17 bits per heavy atom. The molecular weight excluding hydrogens is 396 g/mol. The van der Waals surface area contributed by atoms with E-state index in [1.165, 1.54) is 29.6 Å². The van der Waals surface area contributed by atoms with Gasteiger partial charge in [-0.25, -0.2) is 9.78 Å². The lowest BCUT2D eigenvalue weighted by molar-refractivity contribution is -0.116. The first-order valence-electron chi connectivity index (χ1n) is 9.32. The molecule has 0 radical (unpaired) electrons. The Morgan fingerprint density at radius 2 is 1.90 bits per heavy atom. The van der Waals surface area contributed by atoms with Gasteiger partial charge in [0.1, 0.15) is 6.54 Å². The summed E-state index contributed by atoms with van der Waals surface area (Å²) in [5.74, 6) is -0.317. The number of imidazole rings is 1. The van der Waals surface area contributed by atoms with E-state index in [9.17, 15) is 14.4 Å². The van der Waals surface area contributed by atoms with Crippen molar-refractivity contribution >= 4 is 40.0 Å². The molecule has 1 aliphatic heterocycles. The number of benzene rings is 1. The number of fused-ring (bicyclic) bond motifs is 1. The van der Waals surface area contributed by atoms with Crippen molar-refractivity contribution in [1.29, 1.82) is 0 Å². The highest BCUT2D eigenvalue weighted by Gasteiger charge is 2.19. The van der Waals surface area contributed by atoms with Gasteiger partial charge in [0.05, 0.1) is 17.7 Å². The Morgan fingerprint density at radius 3 is 2.62 bits per heavy atom. The minimum atomic E-state index is -0.492. The summed E-state index contributed by atoms with van der Waals surface area (Å²) in [5, 5.41) is 3.43. The lowest BCUT2D eigenvalue weighted by Gasteiger charge is -2.22. The van der Waals surface area contributed by atoms with Crippen molar-refractivity contribution in [2.24, 2.45) is 14.1 Å². The van der Waals surface area contributed by atoms with Crippen molar-refractivity contribution in [1.82, 2.24) is 18.7 Å². The molecule has 0 bridgehead atoms. The van der Waals surface area contributed by atoms with Crippen LogP contribution in [-0.2, 0) is 25.4 Å². The van der Waals surface area contributed by atoms with Crippen LogP contribution in [0, 0.1) is 0 Å². The number of aromatic nitrogens is 4. The van der Waals surface area contributed by atoms with E-state index < -0.39 is 11.2 Å². The topological polar surface area (TPSA) is 94.2 Å². The molecule has 10 heteroatoms. The van der Waals surface area contributed by atoms with Gasteiger partial charge in [0.2, 0.25) is 5.91 Å². The van der Waals surface area contributed by atoms with Crippen molar-refractivity contribution in [2.75, 3.05) is 23.3 Å². The predicted octanol–water partition coefficient (Wildman–Crippen LogP) is 1.33. The molecule has 0 aliphatic carbocycles. The molecule has 0 atom stereocenters. The van der Waals surface area contributed by atoms with Crippen LogP contribution in [0.3, 0.4) is 0 Å². The smallest absolute Gasteiger partial charge is 0.332 e. The van der Waals surface area contributed by atoms with Crippen LogP contribution in [0.15, 0.2) is 34.1 Å². The second kappa shape index (κ2) is 7.40. The second-order valence-electron chi connectivity index (χ2n) is 7.15. The molecule has 29 heavy (non-hydrogen) atoms. The van der Waals surface area contributed by atoms with Crippen LogP contribution in [0.4, 0.5) is 11.4 Å². The van der Waals surface area contributed by atoms with Crippen molar-refractivity contribution < 1.29 is 4.79 Å². The van der Waals surface area contributed by atoms with Crippen LogP contribution in [0.25, 0.3) is 11.2 Å². The summed E-state index contributed by atoms with van der Waals surface area (Å²) in [4.78, 5) is 43.7. The first-order valence-corrected chi connectivity index (χ1v) is 9.70. The lowest BCUT2D eigenvalue weighted by atomic mass is 10.2. The number of nitrogens with one attached hydrogen (secondary N) is 1. The van der Waals surface area contributed by atoms with E-state index in [4.69, 9.17) is 11.6 Å². The number of amides is 1. The number of halogens is 1. The zero-order valence-corrected chi connectivity index (χ0v) is 16.9. The van der Waals surface area contributed by atoms with Gasteiger partial charge < -0.3 is 14.8 Å². The van der Waals surface area contributed by atoms with E-state index in [1.54, 1.807) is 12.1 Å². The average Bonchev–Trinajstić information content (AvgIpc) is 3.35. The van der Waals surface area contributed by atoms with Gasteiger partial charge in [-0.05, 0) is 31.0 Å². The molecule has 4 rings (SSSR count). The van der Waals surface area contributed by atoms with Crippen LogP contribution in [0.2, 0.25) is 5.02 Å². The van der Waals surface area contributed by atoms with E-state index in [-0.39, 0.29) is 23.6 Å². The summed E-state index contributed by atoms with van der Waals surface area (Å²) < 4.78 is 3.74. The maximum Gasteiger partial charge on any atom is 0.332 e. The van der Waals surface area contributed by atoms with Gasteiger partial charge in [0.25, 0.3) is 5.56 Å². The Hall–Kier alpha value is -3.07.